The molecule has 0 fully saturated rings. The summed E-state index contributed by atoms with van der Waals surface area (Å²) in [5.74, 6) is 0.894. The van der Waals surface area contributed by atoms with E-state index in [0.29, 0.717) is 5.56 Å². The van der Waals surface area contributed by atoms with Crippen LogP contribution in [0.25, 0.3) is 77.0 Å². The zero-order valence-electron chi connectivity index (χ0n) is 26.6. The van der Waals surface area contributed by atoms with Crippen LogP contribution >= 0.6 is 0 Å². The van der Waals surface area contributed by atoms with Crippen LogP contribution in [-0.2, 0) is 5.54 Å². The van der Waals surface area contributed by atoms with Crippen molar-refractivity contribution in [2.75, 3.05) is 0 Å². The van der Waals surface area contributed by atoms with Crippen LogP contribution in [0.15, 0.2) is 158 Å². The van der Waals surface area contributed by atoms with Crippen LogP contribution in [0, 0.1) is 11.3 Å². The number of rotatable bonds is 4. The zero-order chi connectivity index (χ0) is 32.2. The number of nitrogens with zero attached hydrogens (tertiary/aromatic N) is 3. The number of fused-ring (bicyclic) bond motifs is 4. The minimum Gasteiger partial charge on any atom is -0.314 e. The lowest BCUT2D eigenvalue weighted by Gasteiger charge is -2.31. The Morgan fingerprint density at radius 3 is 1.94 bits per heavy atom. The van der Waals surface area contributed by atoms with E-state index in [2.05, 4.69) is 157 Å². The summed E-state index contributed by atoms with van der Waals surface area (Å²) in [5.41, 5.74) is 8.03. The smallest absolute Gasteiger partial charge is 0.141 e. The van der Waals surface area contributed by atoms with Gasteiger partial charge in [-0.15, -0.1) is 0 Å². The number of benzene rings is 7. The van der Waals surface area contributed by atoms with E-state index in [-0.39, 0.29) is 5.54 Å². The predicted molar refractivity (Wildman–Crippen MR) is 200 cm³/mol. The molecule has 1 atom stereocenters. The Morgan fingerprint density at radius 1 is 0.625 bits per heavy atom. The quantitative estimate of drug-likeness (QED) is 0.185. The topological polar surface area (TPSA) is 41.6 Å². The summed E-state index contributed by atoms with van der Waals surface area (Å²) in [5, 5.41) is 17.0. The highest BCUT2D eigenvalue weighted by Gasteiger charge is 2.29. The van der Waals surface area contributed by atoms with Crippen molar-refractivity contribution in [2.45, 2.75) is 18.9 Å². The Hall–Kier alpha value is -6.24. The molecular weight excluding hydrogens is 583 g/mol. The third-order valence-electron chi connectivity index (χ3n) is 9.91. The molecule has 48 heavy (non-hydrogen) atoms. The lowest BCUT2D eigenvalue weighted by atomic mass is 9.85. The molecule has 9 rings (SSSR count). The van der Waals surface area contributed by atoms with Gasteiger partial charge in [-0.1, -0.05) is 127 Å². The Morgan fingerprint density at radius 2 is 1.27 bits per heavy atom. The minimum atomic E-state index is -0.302. The minimum absolute atomic E-state index is 0.302. The molecule has 226 valence electrons. The maximum atomic E-state index is 9.66. The van der Waals surface area contributed by atoms with Crippen molar-refractivity contribution in [2.24, 2.45) is 0 Å². The second-order valence-electron chi connectivity index (χ2n) is 12.9. The lowest BCUT2D eigenvalue weighted by molar-refractivity contribution is 0.427. The van der Waals surface area contributed by atoms with E-state index in [0.717, 1.165) is 34.4 Å². The molecule has 0 radical (unpaired) electrons. The Bertz CT molecular complexity index is 2630. The van der Waals surface area contributed by atoms with Crippen LogP contribution in [-0.4, -0.2) is 9.55 Å². The average Bonchev–Trinajstić information content (AvgIpc) is 3.54. The number of aromatic nitrogens is 2. The van der Waals surface area contributed by atoms with Gasteiger partial charge < -0.3 is 4.57 Å². The van der Waals surface area contributed by atoms with Crippen molar-refractivity contribution in [3.05, 3.63) is 163 Å². The summed E-state index contributed by atoms with van der Waals surface area (Å²) >= 11 is 0. The first kappa shape index (κ1) is 28.0. The third-order valence-corrected chi connectivity index (χ3v) is 9.91. The number of hydrogen-bond acceptors (Lipinski definition) is 2. The fourth-order valence-corrected chi connectivity index (χ4v) is 7.65. The molecule has 0 saturated heterocycles. The molecule has 1 unspecified atom stereocenters. The summed E-state index contributed by atoms with van der Waals surface area (Å²) in [6.45, 7) is 2.26. The van der Waals surface area contributed by atoms with E-state index >= 15 is 0 Å². The van der Waals surface area contributed by atoms with Crippen molar-refractivity contribution in [1.82, 2.24) is 9.55 Å². The molecule has 3 nitrogen and oxygen atoms in total. The number of hydrogen-bond donors (Lipinski definition) is 0. The van der Waals surface area contributed by atoms with E-state index in [4.69, 9.17) is 4.98 Å². The van der Waals surface area contributed by atoms with Gasteiger partial charge in [0.2, 0.25) is 0 Å². The van der Waals surface area contributed by atoms with Gasteiger partial charge in [0, 0.05) is 5.56 Å². The van der Waals surface area contributed by atoms with Crippen LogP contribution in [0.5, 0.6) is 0 Å². The molecule has 0 N–H and O–H groups in total. The van der Waals surface area contributed by atoms with Crippen molar-refractivity contribution in [3.8, 4) is 39.7 Å². The summed E-state index contributed by atoms with van der Waals surface area (Å²) in [7, 11) is 0. The number of imidazole rings is 1. The van der Waals surface area contributed by atoms with E-state index < -0.39 is 0 Å². The van der Waals surface area contributed by atoms with Gasteiger partial charge in [0.1, 0.15) is 5.82 Å². The Kier molecular flexibility index (Phi) is 6.38. The zero-order valence-corrected chi connectivity index (χ0v) is 26.6. The predicted octanol–water partition coefficient (Wildman–Crippen LogP) is 11.6. The monoisotopic (exact) mass is 613 g/mol. The molecule has 0 bridgehead atoms. The van der Waals surface area contributed by atoms with E-state index in [1.165, 1.54) is 49.0 Å². The summed E-state index contributed by atoms with van der Waals surface area (Å²) in [6, 6.07) is 49.9. The first-order valence-electron chi connectivity index (χ1n) is 16.4. The van der Waals surface area contributed by atoms with Crippen molar-refractivity contribution in [1.29, 1.82) is 5.26 Å². The summed E-state index contributed by atoms with van der Waals surface area (Å²) < 4.78 is 2.35. The van der Waals surface area contributed by atoms with Gasteiger partial charge in [0.05, 0.1) is 28.2 Å². The second kappa shape index (κ2) is 10.9. The summed E-state index contributed by atoms with van der Waals surface area (Å²) in [6.07, 6.45) is 9.55. The Balaban J connectivity index is 1.30. The molecule has 0 aliphatic heterocycles. The molecule has 1 aliphatic carbocycles. The van der Waals surface area contributed by atoms with Crippen LogP contribution in [0.3, 0.4) is 0 Å². The third kappa shape index (κ3) is 4.38. The van der Waals surface area contributed by atoms with Gasteiger partial charge in [0.15, 0.2) is 0 Å². The Labute approximate surface area is 279 Å². The molecule has 0 saturated carbocycles. The van der Waals surface area contributed by atoms with E-state index in [1.807, 2.05) is 18.2 Å². The molecule has 1 aromatic heterocycles. The van der Waals surface area contributed by atoms with Gasteiger partial charge in [-0.25, -0.2) is 4.98 Å². The van der Waals surface area contributed by atoms with Gasteiger partial charge in [0.25, 0.3) is 0 Å². The van der Waals surface area contributed by atoms with Gasteiger partial charge in [-0.05, 0) is 98.2 Å². The van der Waals surface area contributed by atoms with Gasteiger partial charge >= 0.3 is 0 Å². The molecule has 0 amide bonds. The molecule has 3 heteroatoms. The molecule has 1 aliphatic rings. The van der Waals surface area contributed by atoms with E-state index in [1.54, 1.807) is 0 Å². The van der Waals surface area contributed by atoms with Crippen molar-refractivity contribution in [3.63, 3.8) is 0 Å². The standard InChI is InChI=1S/C45H31N3/c1-45(24-9-2-10-25-45)48-41-23-20-30(29-46)26-40(41)47-44(48)35-15-11-14-33(28-35)42-36-16-5-7-18-38(36)43(39-19-8-6-17-37(39)42)34-22-21-31-12-3-4-13-32(31)27-34/h2-24,26-28H,25H2,1H3. The molecule has 8 aromatic rings. The molecule has 0 spiro atoms. The van der Waals surface area contributed by atoms with Crippen LogP contribution in [0.2, 0.25) is 0 Å². The van der Waals surface area contributed by atoms with Crippen LogP contribution in [0.1, 0.15) is 18.9 Å². The fourth-order valence-electron chi connectivity index (χ4n) is 7.65. The highest BCUT2D eigenvalue weighted by atomic mass is 15.1. The largest absolute Gasteiger partial charge is 0.314 e. The fraction of sp³-hybridized carbons (Fsp3) is 0.0667. The first-order chi connectivity index (χ1) is 23.6. The average molecular weight is 614 g/mol. The van der Waals surface area contributed by atoms with Gasteiger partial charge in [-0.3, -0.25) is 0 Å². The molecular formula is C45H31N3. The van der Waals surface area contributed by atoms with E-state index in [9.17, 15) is 5.26 Å². The summed E-state index contributed by atoms with van der Waals surface area (Å²) in [4.78, 5) is 5.20. The SMILES string of the molecule is CC1(n2c(-c3cccc(-c4c5ccccc5c(-c5ccc6ccccc6c5)c5ccccc45)c3)nc3cc(C#N)ccc32)C=CC=CC1. The maximum Gasteiger partial charge on any atom is 0.141 e. The van der Waals surface area contributed by atoms with Crippen molar-refractivity contribution < 1.29 is 0 Å². The first-order valence-corrected chi connectivity index (χ1v) is 16.4. The van der Waals surface area contributed by atoms with Crippen LogP contribution in [0.4, 0.5) is 0 Å². The van der Waals surface area contributed by atoms with Crippen molar-refractivity contribution >= 4 is 43.4 Å². The normalized spacial score (nSPS) is 15.8. The highest BCUT2D eigenvalue weighted by Crippen LogP contribution is 2.45. The van der Waals surface area contributed by atoms with Crippen LogP contribution < -0.4 is 0 Å². The lowest BCUT2D eigenvalue weighted by Crippen LogP contribution is -2.28. The van der Waals surface area contributed by atoms with Gasteiger partial charge in [-0.2, -0.15) is 5.26 Å². The number of nitriles is 1. The molecule has 1 heterocycles. The maximum absolute atomic E-state index is 9.66. The molecule has 7 aromatic carbocycles. The number of allylic oxidation sites excluding steroid dienone is 4. The second-order valence-corrected chi connectivity index (χ2v) is 12.9. The highest BCUT2D eigenvalue weighted by molar-refractivity contribution is 6.21.